The summed E-state index contributed by atoms with van der Waals surface area (Å²) in [6, 6.07) is 0. The van der Waals surface area contributed by atoms with E-state index in [4.69, 9.17) is 4.74 Å². The third-order valence-electron chi connectivity index (χ3n) is 8.08. The smallest absolute Gasteiger partial charge is 0.334 e. The Bertz CT molecular complexity index is 850. The van der Waals surface area contributed by atoms with Gasteiger partial charge in [0.2, 0.25) is 0 Å². The Morgan fingerprint density at radius 2 is 2.00 bits per heavy atom. The summed E-state index contributed by atoms with van der Waals surface area (Å²) in [5.41, 5.74) is -2.82. The summed E-state index contributed by atoms with van der Waals surface area (Å²) in [7, 11) is 0. The summed E-state index contributed by atoms with van der Waals surface area (Å²) in [5.74, 6) is -1.22. The van der Waals surface area contributed by atoms with Crippen molar-refractivity contribution in [1.82, 2.24) is 0 Å². The molecule has 3 aliphatic carbocycles. The Hall–Kier alpha value is -1.76. The van der Waals surface area contributed by atoms with Crippen molar-refractivity contribution in [2.45, 2.75) is 72.2 Å². The third kappa shape index (κ3) is 2.88. The lowest BCUT2D eigenvalue weighted by atomic mass is 9.63. The van der Waals surface area contributed by atoms with Gasteiger partial charge in [0.15, 0.2) is 17.5 Å². The number of aliphatic hydroxyl groups is 3. The van der Waals surface area contributed by atoms with Gasteiger partial charge in [-0.1, -0.05) is 39.0 Å². The van der Waals surface area contributed by atoms with Crippen LogP contribution in [0.3, 0.4) is 0 Å². The van der Waals surface area contributed by atoms with E-state index < -0.39 is 47.1 Å². The van der Waals surface area contributed by atoms with Crippen LogP contribution in [-0.2, 0) is 14.3 Å². The molecule has 0 saturated heterocycles. The molecule has 3 N–H and O–H groups in total. The van der Waals surface area contributed by atoms with E-state index in [-0.39, 0.29) is 17.3 Å². The molecule has 6 nitrogen and oxygen atoms in total. The molecule has 0 aromatic rings. The number of ketones is 1. The molecular weight excluding hydrogens is 384 g/mol. The first kappa shape index (κ1) is 22.9. The maximum atomic E-state index is 14.0. The molecule has 2 bridgehead atoms. The van der Waals surface area contributed by atoms with Gasteiger partial charge in [0, 0.05) is 11.5 Å². The number of esters is 1. The number of carbonyl (C=O) groups is 2. The number of rotatable bonds is 3. The van der Waals surface area contributed by atoms with Crippen LogP contribution < -0.4 is 0 Å². The fourth-order valence-electron chi connectivity index (χ4n) is 5.47. The van der Waals surface area contributed by atoms with Crippen molar-refractivity contribution in [3.8, 4) is 0 Å². The molecule has 6 atom stereocenters. The Kier molecular flexibility index (Phi) is 5.68. The van der Waals surface area contributed by atoms with E-state index in [1.165, 1.54) is 0 Å². The lowest BCUT2D eigenvalue weighted by Crippen LogP contribution is -2.63. The average Bonchev–Trinajstić information content (AvgIpc) is 2.85. The molecule has 0 amide bonds. The maximum absolute atomic E-state index is 14.0. The lowest BCUT2D eigenvalue weighted by molar-refractivity contribution is -0.194. The Balaban J connectivity index is 2.24. The zero-order valence-corrected chi connectivity index (χ0v) is 18.7. The fourth-order valence-corrected chi connectivity index (χ4v) is 5.47. The van der Waals surface area contributed by atoms with Crippen molar-refractivity contribution < 1.29 is 29.6 Å². The normalized spacial score (nSPS) is 40.7. The van der Waals surface area contributed by atoms with E-state index in [0.29, 0.717) is 24.0 Å². The van der Waals surface area contributed by atoms with Gasteiger partial charge in [-0.25, -0.2) is 4.79 Å². The molecule has 0 aromatic heterocycles. The first-order valence-electron chi connectivity index (χ1n) is 10.7. The fraction of sp³-hybridized carbons (Fsp3) is 0.667. The molecule has 0 aliphatic heterocycles. The van der Waals surface area contributed by atoms with Gasteiger partial charge in [-0.05, 0) is 56.1 Å². The minimum atomic E-state index is -2.08. The van der Waals surface area contributed by atoms with Gasteiger partial charge < -0.3 is 20.1 Å². The second-order valence-electron chi connectivity index (χ2n) is 9.85. The van der Waals surface area contributed by atoms with Gasteiger partial charge in [-0.2, -0.15) is 0 Å². The van der Waals surface area contributed by atoms with E-state index in [9.17, 15) is 24.9 Å². The highest BCUT2D eigenvalue weighted by molar-refractivity contribution is 5.95. The summed E-state index contributed by atoms with van der Waals surface area (Å²) in [6.45, 7) is 10.6. The van der Waals surface area contributed by atoms with Gasteiger partial charge in [0.25, 0.3) is 0 Å². The van der Waals surface area contributed by atoms with Crippen molar-refractivity contribution in [2.75, 3.05) is 6.61 Å². The SMILES string of the molecule is C/C=C(/C)C(=O)OC1C(C)=CC23CCC(C)C(C)(C)C(C=C(CO)C(O)C12O)C3=O. The Morgan fingerprint density at radius 3 is 2.57 bits per heavy atom. The number of aliphatic hydroxyl groups excluding tert-OH is 2. The van der Waals surface area contributed by atoms with Gasteiger partial charge in [-0.15, -0.1) is 0 Å². The number of allylic oxidation sites excluding steroid dienone is 2. The van der Waals surface area contributed by atoms with Crippen LogP contribution in [0.15, 0.2) is 34.9 Å². The summed E-state index contributed by atoms with van der Waals surface area (Å²) in [4.78, 5) is 26.5. The first-order chi connectivity index (χ1) is 13.9. The van der Waals surface area contributed by atoms with Crippen molar-refractivity contribution in [1.29, 1.82) is 0 Å². The van der Waals surface area contributed by atoms with Gasteiger partial charge in [0.1, 0.15) is 6.10 Å². The lowest BCUT2D eigenvalue weighted by Gasteiger charge is -2.45. The molecular formula is C24H34O6. The standard InChI is InChI=1S/C24H34O6/c1-7-13(2)21(28)30-20-14(3)11-23-9-8-15(4)22(5,6)17(19(23)27)10-16(12-25)18(26)24(20,23)29/h7,10-11,15,17-18,20,25-26,29H,8-9,12H2,1-6H3/b13-7-. The molecule has 0 heterocycles. The number of carbonyl (C=O) groups excluding carboxylic acids is 2. The molecule has 1 saturated carbocycles. The van der Waals surface area contributed by atoms with Gasteiger partial charge in [0.05, 0.1) is 12.0 Å². The topological polar surface area (TPSA) is 104 Å². The summed E-state index contributed by atoms with van der Waals surface area (Å²) in [6.07, 6.45) is 3.21. The highest BCUT2D eigenvalue weighted by Gasteiger charge is 2.70. The number of hydrogen-bond acceptors (Lipinski definition) is 6. The number of fused-ring (bicyclic) bond motifs is 1. The number of hydrogen-bond donors (Lipinski definition) is 3. The molecule has 166 valence electrons. The third-order valence-corrected chi connectivity index (χ3v) is 8.08. The quantitative estimate of drug-likeness (QED) is 0.370. The van der Waals surface area contributed by atoms with Crippen LogP contribution >= 0.6 is 0 Å². The van der Waals surface area contributed by atoms with Crippen LogP contribution in [0.1, 0.15) is 54.4 Å². The monoisotopic (exact) mass is 418 g/mol. The summed E-state index contributed by atoms with van der Waals surface area (Å²) < 4.78 is 5.68. The van der Waals surface area contributed by atoms with Crippen LogP contribution in [0.2, 0.25) is 0 Å². The van der Waals surface area contributed by atoms with Crippen molar-refractivity contribution in [3.63, 3.8) is 0 Å². The van der Waals surface area contributed by atoms with Crippen molar-refractivity contribution >= 4 is 11.8 Å². The Labute approximate surface area is 178 Å². The van der Waals surface area contributed by atoms with E-state index >= 15 is 0 Å². The molecule has 30 heavy (non-hydrogen) atoms. The molecule has 3 rings (SSSR count). The zero-order chi connectivity index (χ0) is 22.6. The summed E-state index contributed by atoms with van der Waals surface area (Å²) in [5, 5.41) is 33.4. The van der Waals surface area contributed by atoms with Crippen LogP contribution in [0.25, 0.3) is 0 Å². The zero-order valence-electron chi connectivity index (χ0n) is 18.7. The van der Waals surface area contributed by atoms with E-state index in [2.05, 4.69) is 6.92 Å². The first-order valence-corrected chi connectivity index (χ1v) is 10.7. The van der Waals surface area contributed by atoms with Crippen LogP contribution in [-0.4, -0.2) is 51.5 Å². The molecule has 6 heteroatoms. The molecule has 1 fully saturated rings. The molecule has 0 aromatic carbocycles. The molecule has 3 aliphatic rings. The summed E-state index contributed by atoms with van der Waals surface area (Å²) >= 11 is 0. The van der Waals surface area contributed by atoms with Crippen molar-refractivity contribution in [2.24, 2.45) is 22.7 Å². The molecule has 1 spiro atoms. The number of ether oxygens (including phenoxy) is 1. The minimum absolute atomic E-state index is 0.169. The van der Waals surface area contributed by atoms with E-state index in [1.807, 2.05) is 13.8 Å². The average molecular weight is 419 g/mol. The van der Waals surface area contributed by atoms with E-state index in [0.717, 1.165) is 0 Å². The predicted molar refractivity (Wildman–Crippen MR) is 112 cm³/mol. The van der Waals surface area contributed by atoms with E-state index in [1.54, 1.807) is 39.0 Å². The van der Waals surface area contributed by atoms with Crippen LogP contribution in [0.5, 0.6) is 0 Å². The molecule has 0 radical (unpaired) electrons. The van der Waals surface area contributed by atoms with Gasteiger partial charge >= 0.3 is 5.97 Å². The van der Waals surface area contributed by atoms with Crippen LogP contribution in [0.4, 0.5) is 0 Å². The minimum Gasteiger partial charge on any atom is -0.451 e. The largest absolute Gasteiger partial charge is 0.451 e. The van der Waals surface area contributed by atoms with Crippen LogP contribution in [0, 0.1) is 22.7 Å². The van der Waals surface area contributed by atoms with Gasteiger partial charge in [-0.3, -0.25) is 4.79 Å². The molecule has 6 unspecified atom stereocenters. The highest BCUT2D eigenvalue weighted by atomic mass is 16.6. The Morgan fingerprint density at radius 1 is 1.37 bits per heavy atom. The number of Topliss-reactive ketones (excluding diaryl/α,β-unsaturated/α-hetero) is 1. The van der Waals surface area contributed by atoms with Crippen molar-refractivity contribution in [3.05, 3.63) is 34.9 Å². The second kappa shape index (κ2) is 7.43. The highest BCUT2D eigenvalue weighted by Crippen LogP contribution is 2.60. The predicted octanol–water partition coefficient (Wildman–Crippen LogP) is 2.48. The second-order valence-corrected chi connectivity index (χ2v) is 9.85. The maximum Gasteiger partial charge on any atom is 0.334 e.